The second kappa shape index (κ2) is 22.4. The van der Waals surface area contributed by atoms with Gasteiger partial charge in [-0.25, -0.2) is 19.9 Å². The molecule has 0 atom stereocenters. The Morgan fingerprint density at radius 1 is 0.146 bits per heavy atom. The van der Waals surface area contributed by atoms with Gasteiger partial charge in [-0.3, -0.25) is 0 Å². The third-order valence-corrected chi connectivity index (χ3v) is 19.1. The van der Waals surface area contributed by atoms with Crippen LogP contribution in [0.1, 0.15) is 45.6 Å². The van der Waals surface area contributed by atoms with Gasteiger partial charge in [0.05, 0.1) is 45.6 Å². The van der Waals surface area contributed by atoms with E-state index in [0.29, 0.717) is 0 Å². The minimum Gasteiger partial charge on any atom is -0.354 e. The van der Waals surface area contributed by atoms with Crippen molar-refractivity contribution in [2.24, 2.45) is 0 Å². The van der Waals surface area contributed by atoms with Crippen LogP contribution in [0.2, 0.25) is 0 Å². The summed E-state index contributed by atoms with van der Waals surface area (Å²) in [7, 11) is 0. The van der Waals surface area contributed by atoms with Crippen molar-refractivity contribution in [2.45, 2.75) is 0 Å². The van der Waals surface area contributed by atoms with Crippen LogP contribution in [0.15, 0.2) is 267 Å². The summed E-state index contributed by atoms with van der Waals surface area (Å²) in [6, 6.07) is 94.6. The van der Waals surface area contributed by atoms with Crippen LogP contribution >= 0.6 is 0 Å². The molecule has 0 fully saturated rings. The van der Waals surface area contributed by atoms with Gasteiger partial charge in [0.25, 0.3) is 0 Å². The second-order valence-electron chi connectivity index (χ2n) is 24.7. The van der Waals surface area contributed by atoms with Crippen molar-refractivity contribution in [1.29, 1.82) is 0 Å². The molecule has 8 aromatic carbocycles. The molecule has 16 bridgehead atoms. The summed E-state index contributed by atoms with van der Waals surface area (Å²) in [6.07, 6.45) is 17.4. The molecule has 1 aliphatic carbocycles. The predicted octanol–water partition coefficient (Wildman–Crippen LogP) is 22.6. The number of nitrogens with one attached hydrogen (secondary N) is 4. The molecule has 0 amide bonds. The van der Waals surface area contributed by atoms with E-state index in [1.54, 1.807) is 0 Å². The molecule has 0 saturated heterocycles. The zero-order valence-corrected chi connectivity index (χ0v) is 51.8. The number of rotatable bonds is 8. The molecule has 19 rings (SSSR count). The molecule has 8 heteroatoms. The third-order valence-electron chi connectivity index (χ3n) is 19.1. The summed E-state index contributed by atoms with van der Waals surface area (Å²) in [5, 5.41) is 0. The lowest BCUT2D eigenvalue weighted by Gasteiger charge is -2.30. The number of aromatic nitrogens is 8. The van der Waals surface area contributed by atoms with E-state index in [-0.39, 0.29) is 0 Å². The van der Waals surface area contributed by atoms with Gasteiger partial charge < -0.3 is 19.9 Å². The van der Waals surface area contributed by atoms with Crippen molar-refractivity contribution in [3.63, 3.8) is 0 Å². The quantitative estimate of drug-likeness (QED) is 0.121. The van der Waals surface area contributed by atoms with Gasteiger partial charge in [0.1, 0.15) is 0 Å². The van der Waals surface area contributed by atoms with Crippen molar-refractivity contribution in [1.82, 2.24) is 39.9 Å². The van der Waals surface area contributed by atoms with E-state index in [4.69, 9.17) is 19.9 Å². The van der Waals surface area contributed by atoms with E-state index in [1.807, 2.05) is 0 Å². The van der Waals surface area contributed by atoms with Crippen LogP contribution in [0.3, 0.4) is 0 Å². The molecule has 10 heterocycles. The Morgan fingerprint density at radius 3 is 0.531 bits per heavy atom. The van der Waals surface area contributed by atoms with Crippen LogP contribution in [0, 0.1) is 0 Å². The lowest BCUT2D eigenvalue weighted by Crippen LogP contribution is -2.04. The van der Waals surface area contributed by atoms with Crippen LogP contribution in [0.5, 0.6) is 0 Å². The van der Waals surface area contributed by atoms with E-state index >= 15 is 0 Å². The molecular formula is C88H56N8. The molecule has 0 unspecified atom stereocenters. The van der Waals surface area contributed by atoms with Crippen LogP contribution in [-0.2, 0) is 0 Å². The van der Waals surface area contributed by atoms with Gasteiger partial charge in [-0.2, -0.15) is 0 Å². The van der Waals surface area contributed by atoms with Crippen molar-refractivity contribution in [3.05, 3.63) is 312 Å². The minimum absolute atomic E-state index is 0.837. The van der Waals surface area contributed by atoms with Crippen LogP contribution in [0.4, 0.5) is 0 Å². The minimum atomic E-state index is 0.837. The van der Waals surface area contributed by atoms with Gasteiger partial charge in [0, 0.05) is 88.6 Å². The largest absolute Gasteiger partial charge is 0.354 e. The molecular weight excluding hydrogens is 1170 g/mol. The molecule has 14 aromatic rings. The zero-order valence-electron chi connectivity index (χ0n) is 51.8. The molecule has 4 aliphatic heterocycles. The van der Waals surface area contributed by atoms with E-state index in [9.17, 15) is 0 Å². The lowest BCUT2D eigenvalue weighted by atomic mass is 9.73. The molecule has 8 nitrogen and oxygen atoms in total. The number of hydrogen-bond donors (Lipinski definition) is 4. The first-order valence-corrected chi connectivity index (χ1v) is 32.5. The SMILES string of the molecule is C1=Cc2nc1c(-c1ccccc1)c1ccc([nH]1)c(-c1ccccc1)c1nc(c(-c3cccc4c3-c3c-4cccc3-c3c4nc(c(-c5ccccc5)c5ccc([nH]5)c(-c5ccccc5)c5nc(c(-c6ccccc6)c6ccc3[nH]6)C=C5)C=C4)c3ccc([nH]3)c2-c2ccccc2)C=C1. The third kappa shape index (κ3) is 9.06. The van der Waals surface area contributed by atoms with Crippen LogP contribution < -0.4 is 0 Å². The predicted molar refractivity (Wildman–Crippen MR) is 399 cm³/mol. The van der Waals surface area contributed by atoms with Crippen LogP contribution in [-0.4, -0.2) is 39.9 Å². The fraction of sp³-hybridized carbons (Fsp3) is 0. The van der Waals surface area contributed by atoms with Crippen molar-refractivity contribution < 1.29 is 0 Å². The topological polar surface area (TPSA) is 115 Å². The maximum Gasteiger partial charge on any atom is 0.0737 e. The number of fused-ring (bicyclic) bond motifs is 20. The standard InChI is InChI=1S/C88H56N8/c1-7-21-53(22-8-1)79-63-37-41-67(89-63)81(55-25-11-3-12-26-55)71-45-49-75(93-71)87(76-50-46-72(94-76)82(56-27-13-4-14-28-56)68-42-38-64(79)90-68)61-35-19-33-59-60-34-20-36-62(86(60)85(59)61)88-77-51-47-73(95-77)83(57-29-15-5-16-30-57)69-43-39-65(91-69)80(54-23-9-2-10-24-54)66-40-44-70(92-66)84(58-31-17-6-18-32-58)74-48-52-78(88)96-74/h1-52,89,91,94,96H. The van der Waals surface area contributed by atoms with Gasteiger partial charge in [-0.05, 0) is 164 Å². The van der Waals surface area contributed by atoms with Crippen LogP contribution in [0.25, 0.3) is 204 Å². The summed E-state index contributed by atoms with van der Waals surface area (Å²) in [5.41, 5.74) is 35.4. The highest BCUT2D eigenvalue weighted by Gasteiger charge is 2.32. The van der Waals surface area contributed by atoms with Crippen molar-refractivity contribution in [3.8, 4) is 111 Å². The number of hydrogen-bond acceptors (Lipinski definition) is 4. The second-order valence-corrected chi connectivity index (χ2v) is 24.7. The van der Waals surface area contributed by atoms with Gasteiger partial charge in [0.2, 0.25) is 0 Å². The molecule has 6 aromatic heterocycles. The van der Waals surface area contributed by atoms with E-state index in [0.717, 1.165) is 201 Å². The van der Waals surface area contributed by atoms with E-state index < -0.39 is 0 Å². The van der Waals surface area contributed by atoms with Gasteiger partial charge in [0.15, 0.2) is 0 Å². The number of benzene rings is 8. The average molecular weight is 1230 g/mol. The lowest BCUT2D eigenvalue weighted by molar-refractivity contribution is 1.31. The Hall–Kier alpha value is -13.0. The van der Waals surface area contributed by atoms with Gasteiger partial charge in [-0.1, -0.05) is 218 Å². The maximum absolute atomic E-state index is 5.78. The molecule has 4 N–H and O–H groups in total. The fourth-order valence-corrected chi connectivity index (χ4v) is 14.9. The smallest absolute Gasteiger partial charge is 0.0737 e. The molecule has 0 saturated carbocycles. The summed E-state index contributed by atoms with van der Waals surface area (Å²) < 4.78 is 0. The Balaban J connectivity index is 0.899. The summed E-state index contributed by atoms with van der Waals surface area (Å²) in [5.74, 6) is 0. The summed E-state index contributed by atoms with van der Waals surface area (Å²) >= 11 is 0. The number of H-pyrrole nitrogens is 4. The Bertz CT molecular complexity index is 5580. The number of nitrogens with zero attached hydrogens (tertiary/aromatic N) is 4. The van der Waals surface area contributed by atoms with E-state index in [2.05, 4.69) is 335 Å². The highest BCUT2D eigenvalue weighted by Crippen LogP contribution is 2.57. The van der Waals surface area contributed by atoms with Gasteiger partial charge >= 0.3 is 0 Å². The highest BCUT2D eigenvalue weighted by molar-refractivity contribution is 6.17. The van der Waals surface area contributed by atoms with E-state index in [1.165, 1.54) is 0 Å². The molecule has 448 valence electrons. The Kier molecular flexibility index (Phi) is 12.7. The summed E-state index contributed by atoms with van der Waals surface area (Å²) in [4.78, 5) is 38.6. The highest BCUT2D eigenvalue weighted by atomic mass is 14.8. The monoisotopic (exact) mass is 1220 g/mol. The Morgan fingerprint density at radius 2 is 0.323 bits per heavy atom. The molecule has 0 radical (unpaired) electrons. The van der Waals surface area contributed by atoms with Gasteiger partial charge in [-0.15, -0.1) is 0 Å². The molecule has 96 heavy (non-hydrogen) atoms. The summed E-state index contributed by atoms with van der Waals surface area (Å²) in [6.45, 7) is 0. The molecule has 0 spiro atoms. The van der Waals surface area contributed by atoms with Crippen molar-refractivity contribution in [2.75, 3.05) is 0 Å². The average Bonchev–Trinajstić information content (AvgIpc) is 1.18. The zero-order chi connectivity index (χ0) is 63.2. The first-order chi connectivity index (χ1) is 47.6. The normalized spacial score (nSPS) is 12.4. The number of aromatic amines is 4. The first kappa shape index (κ1) is 54.7. The fourth-order valence-electron chi connectivity index (χ4n) is 14.9. The molecule has 5 aliphatic rings. The Labute approximate surface area is 553 Å². The maximum atomic E-state index is 5.78. The van der Waals surface area contributed by atoms with Crippen molar-refractivity contribution >= 4 is 92.7 Å². The first-order valence-electron chi connectivity index (χ1n) is 32.5.